The molecule has 0 saturated carbocycles. The number of nitrogens with one attached hydrogen (secondary N) is 1. The van der Waals surface area contributed by atoms with Gasteiger partial charge in [-0.3, -0.25) is 4.98 Å². The number of ether oxygens (including phenoxy) is 1. The Labute approximate surface area is 101 Å². The molecule has 0 aliphatic carbocycles. The number of halogens is 1. The fraction of sp³-hybridized carbons (Fsp3) is 0.615. The van der Waals surface area contributed by atoms with E-state index in [-0.39, 0.29) is 11.9 Å². The first kappa shape index (κ1) is 12.5. The van der Waals surface area contributed by atoms with Gasteiger partial charge in [-0.15, -0.1) is 0 Å². The molecule has 0 bridgehead atoms. The molecule has 2 heterocycles. The maximum Gasteiger partial charge on any atom is 0.141 e. The van der Waals surface area contributed by atoms with Gasteiger partial charge in [0.1, 0.15) is 5.82 Å². The molecule has 1 aromatic rings. The van der Waals surface area contributed by atoms with Crippen molar-refractivity contribution >= 4 is 0 Å². The molecule has 3 nitrogen and oxygen atoms in total. The van der Waals surface area contributed by atoms with Crippen molar-refractivity contribution < 1.29 is 9.13 Å². The monoisotopic (exact) mass is 238 g/mol. The summed E-state index contributed by atoms with van der Waals surface area (Å²) in [4.78, 5) is 4.09. The molecule has 1 aromatic heterocycles. The van der Waals surface area contributed by atoms with Gasteiger partial charge in [-0.1, -0.05) is 0 Å². The molecule has 4 heteroatoms. The average molecular weight is 238 g/mol. The van der Waals surface area contributed by atoms with Crippen molar-refractivity contribution in [3.8, 4) is 0 Å². The van der Waals surface area contributed by atoms with Crippen molar-refractivity contribution in [2.24, 2.45) is 5.92 Å². The van der Waals surface area contributed by atoms with Crippen LogP contribution < -0.4 is 5.32 Å². The normalized spacial score (nSPS) is 23.6. The molecule has 3 atom stereocenters. The average Bonchev–Trinajstić information content (AvgIpc) is 2.83. The van der Waals surface area contributed by atoms with E-state index in [1.54, 1.807) is 6.07 Å². The van der Waals surface area contributed by atoms with Crippen LogP contribution in [0.15, 0.2) is 18.3 Å². The predicted molar refractivity (Wildman–Crippen MR) is 64.1 cm³/mol. The van der Waals surface area contributed by atoms with E-state index in [4.69, 9.17) is 4.74 Å². The Kier molecular flexibility index (Phi) is 4.07. The smallest absolute Gasteiger partial charge is 0.141 e. The van der Waals surface area contributed by atoms with Gasteiger partial charge in [0.25, 0.3) is 0 Å². The Morgan fingerprint density at radius 2 is 2.29 bits per heavy atom. The molecule has 2 rings (SSSR count). The van der Waals surface area contributed by atoms with E-state index in [9.17, 15) is 4.39 Å². The minimum atomic E-state index is -0.293. The summed E-state index contributed by atoms with van der Waals surface area (Å²) in [5.74, 6) is 0.274. The number of pyridine rings is 1. The van der Waals surface area contributed by atoms with E-state index in [1.165, 1.54) is 12.3 Å². The highest BCUT2D eigenvalue weighted by Crippen LogP contribution is 2.19. The molecule has 1 fully saturated rings. The van der Waals surface area contributed by atoms with Crippen LogP contribution in [0.4, 0.5) is 4.39 Å². The van der Waals surface area contributed by atoms with Crippen molar-refractivity contribution in [1.82, 2.24) is 10.3 Å². The molecule has 0 aromatic carbocycles. The minimum absolute atomic E-state index is 0.131. The van der Waals surface area contributed by atoms with Crippen LogP contribution in [0.2, 0.25) is 0 Å². The molecule has 17 heavy (non-hydrogen) atoms. The summed E-state index contributed by atoms with van der Waals surface area (Å²) < 4.78 is 18.1. The lowest BCUT2D eigenvalue weighted by atomic mass is 9.99. The van der Waals surface area contributed by atoms with Crippen LogP contribution in [0.3, 0.4) is 0 Å². The van der Waals surface area contributed by atoms with Crippen LogP contribution in [0.25, 0.3) is 0 Å². The van der Waals surface area contributed by atoms with E-state index in [2.05, 4.69) is 17.2 Å². The molecular formula is C13H19FN2O. The number of hydrogen-bond acceptors (Lipinski definition) is 3. The fourth-order valence-electron chi connectivity index (χ4n) is 2.21. The predicted octanol–water partition coefficient (Wildman–Crippen LogP) is 2.30. The molecule has 0 spiro atoms. The Morgan fingerprint density at radius 1 is 1.47 bits per heavy atom. The summed E-state index contributed by atoms with van der Waals surface area (Å²) in [5.41, 5.74) is 0.872. The van der Waals surface area contributed by atoms with Gasteiger partial charge in [0.2, 0.25) is 0 Å². The van der Waals surface area contributed by atoms with Crippen molar-refractivity contribution in [2.75, 3.05) is 13.2 Å². The minimum Gasteiger partial charge on any atom is -0.381 e. The lowest BCUT2D eigenvalue weighted by Crippen LogP contribution is -2.36. The highest BCUT2D eigenvalue weighted by Gasteiger charge is 2.23. The molecule has 94 valence electrons. The van der Waals surface area contributed by atoms with E-state index in [0.29, 0.717) is 12.0 Å². The van der Waals surface area contributed by atoms with Gasteiger partial charge < -0.3 is 10.1 Å². The zero-order chi connectivity index (χ0) is 12.3. The van der Waals surface area contributed by atoms with Crippen LogP contribution in [-0.4, -0.2) is 24.2 Å². The van der Waals surface area contributed by atoms with E-state index in [1.807, 2.05) is 6.92 Å². The first-order valence-electron chi connectivity index (χ1n) is 6.12. The second-order valence-corrected chi connectivity index (χ2v) is 4.70. The van der Waals surface area contributed by atoms with Gasteiger partial charge in [-0.25, -0.2) is 4.39 Å². The highest BCUT2D eigenvalue weighted by molar-refractivity contribution is 5.09. The Hall–Kier alpha value is -1.00. The Bertz CT molecular complexity index is 349. The summed E-state index contributed by atoms with van der Waals surface area (Å²) in [6.07, 6.45) is 2.37. The summed E-state index contributed by atoms with van der Waals surface area (Å²) in [6.45, 7) is 5.91. The fourth-order valence-corrected chi connectivity index (χ4v) is 2.21. The quantitative estimate of drug-likeness (QED) is 0.874. The van der Waals surface area contributed by atoms with Crippen LogP contribution >= 0.6 is 0 Å². The maximum atomic E-state index is 12.8. The van der Waals surface area contributed by atoms with E-state index in [0.717, 1.165) is 25.3 Å². The third-order valence-corrected chi connectivity index (χ3v) is 3.38. The zero-order valence-electron chi connectivity index (χ0n) is 10.3. The lowest BCUT2D eigenvalue weighted by molar-refractivity contribution is 0.177. The van der Waals surface area contributed by atoms with Gasteiger partial charge in [0.05, 0.1) is 18.5 Å². The molecule has 0 radical (unpaired) electrons. The highest BCUT2D eigenvalue weighted by atomic mass is 19.1. The third-order valence-electron chi connectivity index (χ3n) is 3.38. The van der Waals surface area contributed by atoms with Crippen molar-refractivity contribution in [3.05, 3.63) is 29.8 Å². The summed E-state index contributed by atoms with van der Waals surface area (Å²) >= 11 is 0. The molecule has 0 amide bonds. The van der Waals surface area contributed by atoms with Crippen LogP contribution in [0.5, 0.6) is 0 Å². The maximum absolute atomic E-state index is 12.8. The van der Waals surface area contributed by atoms with Crippen molar-refractivity contribution in [3.63, 3.8) is 0 Å². The first-order valence-corrected chi connectivity index (χ1v) is 6.12. The molecule has 1 saturated heterocycles. The molecule has 3 unspecified atom stereocenters. The number of rotatable bonds is 4. The zero-order valence-corrected chi connectivity index (χ0v) is 10.3. The van der Waals surface area contributed by atoms with Gasteiger partial charge >= 0.3 is 0 Å². The topological polar surface area (TPSA) is 34.1 Å². The van der Waals surface area contributed by atoms with Gasteiger partial charge in [-0.2, -0.15) is 0 Å². The summed E-state index contributed by atoms with van der Waals surface area (Å²) in [6, 6.07) is 3.69. The standard InChI is InChI=1S/C13H19FN2O/c1-9(11-5-6-17-8-11)16-10(2)13-4-3-12(14)7-15-13/h3-4,7,9-11,16H,5-6,8H2,1-2H3. The second kappa shape index (κ2) is 5.56. The van der Waals surface area contributed by atoms with E-state index < -0.39 is 0 Å². The second-order valence-electron chi connectivity index (χ2n) is 4.70. The summed E-state index contributed by atoms with van der Waals surface area (Å²) in [7, 11) is 0. The molecule has 1 aliphatic rings. The van der Waals surface area contributed by atoms with E-state index >= 15 is 0 Å². The number of nitrogens with zero attached hydrogens (tertiary/aromatic N) is 1. The lowest BCUT2D eigenvalue weighted by Gasteiger charge is -2.23. The Balaban J connectivity index is 1.91. The molecule has 1 N–H and O–H groups in total. The molecule has 1 aliphatic heterocycles. The third kappa shape index (κ3) is 3.23. The van der Waals surface area contributed by atoms with Crippen molar-refractivity contribution in [1.29, 1.82) is 0 Å². The first-order chi connectivity index (χ1) is 8.16. The summed E-state index contributed by atoms with van der Waals surface area (Å²) in [5, 5.41) is 3.49. The van der Waals surface area contributed by atoms with Gasteiger partial charge in [0.15, 0.2) is 0 Å². The van der Waals surface area contributed by atoms with Crippen LogP contribution in [-0.2, 0) is 4.74 Å². The van der Waals surface area contributed by atoms with Gasteiger partial charge in [0, 0.05) is 18.7 Å². The SMILES string of the molecule is CC(NC(C)C1CCOC1)c1ccc(F)cn1. The number of aromatic nitrogens is 1. The van der Waals surface area contributed by atoms with Crippen molar-refractivity contribution in [2.45, 2.75) is 32.4 Å². The largest absolute Gasteiger partial charge is 0.381 e. The number of hydrogen-bond donors (Lipinski definition) is 1. The van der Waals surface area contributed by atoms with Gasteiger partial charge in [-0.05, 0) is 38.3 Å². The molecular weight excluding hydrogens is 219 g/mol. The Morgan fingerprint density at radius 3 is 2.88 bits per heavy atom. The van der Waals surface area contributed by atoms with Crippen LogP contribution in [0.1, 0.15) is 32.0 Å². The van der Waals surface area contributed by atoms with Crippen LogP contribution in [0, 0.1) is 11.7 Å².